The van der Waals surface area contributed by atoms with Gasteiger partial charge in [0.1, 0.15) is 5.75 Å². The summed E-state index contributed by atoms with van der Waals surface area (Å²) in [6.07, 6.45) is 0. The van der Waals surface area contributed by atoms with E-state index in [-0.39, 0.29) is 25.0 Å². The number of carbonyl (C=O) groups excluding carboxylic acids is 1. The van der Waals surface area contributed by atoms with Gasteiger partial charge in [-0.3, -0.25) is 0 Å². The molecule has 7 nitrogen and oxygen atoms in total. The number of nitrogens with zero attached hydrogens (tertiary/aromatic N) is 2. The molecular formula is C19H18N2O5. The number of fused-ring (bicyclic) bond motifs is 1. The zero-order chi connectivity index (χ0) is 18.5. The van der Waals surface area contributed by atoms with Crippen molar-refractivity contribution in [3.05, 3.63) is 48.2 Å². The molecule has 1 N–H and O–H groups in total. The fourth-order valence-electron chi connectivity index (χ4n) is 2.41. The first-order chi connectivity index (χ1) is 12.5. The molecule has 3 rings (SSSR count). The molecule has 0 bridgehead atoms. The summed E-state index contributed by atoms with van der Waals surface area (Å²) in [6, 6.07) is 12.5. The average Bonchev–Trinajstić information content (AvgIpc) is 2.63. The lowest BCUT2D eigenvalue weighted by atomic mass is 10.1. The summed E-state index contributed by atoms with van der Waals surface area (Å²) in [4.78, 5) is 20.3. The fraction of sp³-hybridized carbons (Fsp3) is 0.211. The number of phenols is 1. The number of esters is 1. The molecule has 3 aromatic rings. The predicted molar refractivity (Wildman–Crippen MR) is 94.8 cm³/mol. The third-order valence-corrected chi connectivity index (χ3v) is 3.59. The average molecular weight is 354 g/mol. The molecule has 0 unspecified atom stereocenters. The molecule has 0 aliphatic carbocycles. The zero-order valence-corrected chi connectivity index (χ0v) is 14.4. The monoisotopic (exact) mass is 354 g/mol. The number of benzene rings is 2. The highest BCUT2D eigenvalue weighted by Gasteiger charge is 2.10. The van der Waals surface area contributed by atoms with Gasteiger partial charge in [-0.25, -0.2) is 9.78 Å². The number of carbonyl (C=O) groups is 1. The van der Waals surface area contributed by atoms with Crippen LogP contribution in [0, 0.1) is 6.92 Å². The van der Waals surface area contributed by atoms with E-state index in [1.165, 1.54) is 7.11 Å². The zero-order valence-electron chi connectivity index (χ0n) is 14.4. The van der Waals surface area contributed by atoms with Crippen LogP contribution in [0.2, 0.25) is 0 Å². The van der Waals surface area contributed by atoms with E-state index in [9.17, 15) is 9.90 Å². The third kappa shape index (κ3) is 4.25. The van der Waals surface area contributed by atoms with Crippen molar-refractivity contribution in [2.45, 2.75) is 6.92 Å². The lowest BCUT2D eigenvalue weighted by Gasteiger charge is -2.09. The van der Waals surface area contributed by atoms with Gasteiger partial charge in [-0.15, -0.1) is 0 Å². The first-order valence-corrected chi connectivity index (χ1v) is 7.91. The number of methoxy groups -OCH3 is 1. The first-order valence-electron chi connectivity index (χ1n) is 7.91. The minimum atomic E-state index is -0.546. The standard InChI is InChI=1S/C19H18N2O5/c1-12-7-17(25-10-18(23)26-11-24-2)21-19(20-12)15-4-3-14-9-16(22)6-5-13(14)8-15/h3-9,22H,10-11H2,1-2H3. The maximum absolute atomic E-state index is 11.5. The molecule has 0 saturated heterocycles. The molecule has 134 valence electrons. The number of hydrogen-bond acceptors (Lipinski definition) is 7. The molecule has 0 aliphatic heterocycles. The van der Waals surface area contributed by atoms with Gasteiger partial charge in [-0.2, -0.15) is 4.98 Å². The van der Waals surface area contributed by atoms with Gasteiger partial charge >= 0.3 is 5.97 Å². The topological polar surface area (TPSA) is 90.8 Å². The molecule has 7 heteroatoms. The van der Waals surface area contributed by atoms with E-state index in [0.29, 0.717) is 11.5 Å². The summed E-state index contributed by atoms with van der Waals surface area (Å²) < 4.78 is 14.8. The Bertz CT molecular complexity index is 942. The number of aromatic nitrogens is 2. The molecule has 0 atom stereocenters. The number of aryl methyl sites for hydroxylation is 1. The van der Waals surface area contributed by atoms with Gasteiger partial charge in [0, 0.05) is 24.4 Å². The van der Waals surface area contributed by atoms with Crippen LogP contribution < -0.4 is 4.74 Å². The number of hydrogen-bond donors (Lipinski definition) is 1. The summed E-state index contributed by atoms with van der Waals surface area (Å²) >= 11 is 0. The maximum atomic E-state index is 11.5. The lowest BCUT2D eigenvalue weighted by molar-refractivity contribution is -0.156. The second-order valence-corrected chi connectivity index (χ2v) is 5.63. The van der Waals surface area contributed by atoms with Crippen LogP contribution >= 0.6 is 0 Å². The van der Waals surface area contributed by atoms with E-state index in [2.05, 4.69) is 14.7 Å². The van der Waals surface area contributed by atoms with Crippen LogP contribution in [0.3, 0.4) is 0 Å². The summed E-state index contributed by atoms with van der Waals surface area (Å²) in [6.45, 7) is 1.43. The SMILES string of the molecule is COCOC(=O)COc1cc(C)nc(-c2ccc3cc(O)ccc3c2)n1. The van der Waals surface area contributed by atoms with Crippen molar-refractivity contribution in [2.75, 3.05) is 20.5 Å². The molecule has 0 spiro atoms. The van der Waals surface area contributed by atoms with E-state index in [1.807, 2.05) is 31.2 Å². The van der Waals surface area contributed by atoms with Crippen molar-refractivity contribution in [3.8, 4) is 23.0 Å². The summed E-state index contributed by atoms with van der Waals surface area (Å²) in [7, 11) is 1.43. The van der Waals surface area contributed by atoms with Gasteiger partial charge in [0.15, 0.2) is 19.2 Å². The molecular weight excluding hydrogens is 336 g/mol. The van der Waals surface area contributed by atoms with Crippen molar-refractivity contribution >= 4 is 16.7 Å². The van der Waals surface area contributed by atoms with Crippen molar-refractivity contribution in [2.24, 2.45) is 0 Å². The second-order valence-electron chi connectivity index (χ2n) is 5.63. The Balaban J connectivity index is 1.83. The Labute approximate surface area is 150 Å². The van der Waals surface area contributed by atoms with Crippen molar-refractivity contribution in [3.63, 3.8) is 0 Å². The van der Waals surface area contributed by atoms with E-state index in [1.54, 1.807) is 18.2 Å². The molecule has 0 fully saturated rings. The van der Waals surface area contributed by atoms with Gasteiger partial charge < -0.3 is 19.3 Å². The molecule has 0 radical (unpaired) electrons. The summed E-state index contributed by atoms with van der Waals surface area (Å²) in [5, 5.41) is 11.4. The van der Waals surface area contributed by atoms with Crippen molar-refractivity contribution < 1.29 is 24.1 Å². The molecule has 0 amide bonds. The van der Waals surface area contributed by atoms with Gasteiger partial charge in [0.25, 0.3) is 0 Å². The van der Waals surface area contributed by atoms with E-state index in [0.717, 1.165) is 16.3 Å². The van der Waals surface area contributed by atoms with Gasteiger partial charge in [-0.05, 0) is 35.9 Å². The van der Waals surface area contributed by atoms with E-state index >= 15 is 0 Å². The van der Waals surface area contributed by atoms with Crippen LogP contribution in [0.15, 0.2) is 42.5 Å². The lowest BCUT2D eigenvalue weighted by Crippen LogP contribution is -2.16. The summed E-state index contributed by atoms with van der Waals surface area (Å²) in [5.41, 5.74) is 1.51. The van der Waals surface area contributed by atoms with Gasteiger partial charge in [0.05, 0.1) is 0 Å². The predicted octanol–water partition coefficient (Wildman–Crippen LogP) is 2.84. The van der Waals surface area contributed by atoms with Crippen molar-refractivity contribution in [1.29, 1.82) is 0 Å². The maximum Gasteiger partial charge on any atom is 0.346 e. The van der Waals surface area contributed by atoms with Crippen LogP contribution in [0.4, 0.5) is 0 Å². The molecule has 0 saturated carbocycles. The largest absolute Gasteiger partial charge is 0.508 e. The Kier molecular flexibility index (Phi) is 5.28. The molecule has 2 aromatic carbocycles. The van der Waals surface area contributed by atoms with Crippen LogP contribution in [-0.4, -0.2) is 41.6 Å². The second kappa shape index (κ2) is 7.79. The minimum Gasteiger partial charge on any atom is -0.508 e. The third-order valence-electron chi connectivity index (χ3n) is 3.59. The number of rotatable bonds is 6. The minimum absolute atomic E-state index is 0.122. The highest BCUT2D eigenvalue weighted by Crippen LogP contribution is 2.26. The molecule has 1 heterocycles. The Morgan fingerprint density at radius 1 is 1.08 bits per heavy atom. The number of ether oxygens (including phenoxy) is 3. The molecule has 0 aliphatic rings. The quantitative estimate of drug-likeness (QED) is 0.537. The van der Waals surface area contributed by atoms with Gasteiger partial charge in [0.2, 0.25) is 5.88 Å². The Morgan fingerprint density at radius 3 is 2.65 bits per heavy atom. The number of aromatic hydroxyl groups is 1. The van der Waals surface area contributed by atoms with Crippen LogP contribution in [0.5, 0.6) is 11.6 Å². The summed E-state index contributed by atoms with van der Waals surface area (Å²) in [5.74, 6) is 0.441. The molecule has 26 heavy (non-hydrogen) atoms. The van der Waals surface area contributed by atoms with Crippen LogP contribution in [0.1, 0.15) is 5.69 Å². The van der Waals surface area contributed by atoms with Crippen LogP contribution in [0.25, 0.3) is 22.2 Å². The van der Waals surface area contributed by atoms with E-state index < -0.39 is 5.97 Å². The van der Waals surface area contributed by atoms with Gasteiger partial charge in [-0.1, -0.05) is 18.2 Å². The van der Waals surface area contributed by atoms with Crippen LogP contribution in [-0.2, 0) is 14.3 Å². The number of phenolic OH excluding ortho intramolecular Hbond substituents is 1. The normalized spacial score (nSPS) is 10.7. The van der Waals surface area contributed by atoms with Crippen molar-refractivity contribution in [1.82, 2.24) is 9.97 Å². The Morgan fingerprint density at radius 2 is 1.85 bits per heavy atom. The van der Waals surface area contributed by atoms with E-state index in [4.69, 9.17) is 9.47 Å². The Hall–Kier alpha value is -3.19. The smallest absolute Gasteiger partial charge is 0.346 e. The highest BCUT2D eigenvalue weighted by molar-refractivity contribution is 5.87. The fourth-order valence-corrected chi connectivity index (χ4v) is 2.41. The molecule has 1 aromatic heterocycles. The highest BCUT2D eigenvalue weighted by atomic mass is 16.7. The first kappa shape index (κ1) is 17.6.